The number of nitrogens with zero attached hydrogens (tertiary/aromatic N) is 2. The van der Waals surface area contributed by atoms with Crippen LogP contribution in [0.5, 0.6) is 5.75 Å². The highest BCUT2D eigenvalue weighted by Gasteiger charge is 2.21. The second-order valence-corrected chi connectivity index (χ2v) is 10.2. The first-order valence-electron chi connectivity index (χ1n) is 14.0. The second kappa shape index (κ2) is 14.8. The van der Waals surface area contributed by atoms with Crippen molar-refractivity contribution in [2.45, 2.75) is 26.2 Å². The number of aromatic hydroxyl groups is 1. The van der Waals surface area contributed by atoms with Crippen molar-refractivity contribution < 1.29 is 14.7 Å². The quantitative estimate of drug-likeness (QED) is 0.0486. The summed E-state index contributed by atoms with van der Waals surface area (Å²) in [5.74, 6) is 0.716. The topological polar surface area (TPSA) is 94.0 Å². The van der Waals surface area contributed by atoms with Crippen LogP contribution in [0.1, 0.15) is 30.9 Å². The van der Waals surface area contributed by atoms with E-state index in [4.69, 9.17) is 16.6 Å². The number of aryl methyl sites for hydroxylation is 1. The highest BCUT2D eigenvalue weighted by molar-refractivity contribution is 6.34. The van der Waals surface area contributed by atoms with E-state index in [1.54, 1.807) is 18.2 Å². The Kier molecular flexibility index (Phi) is 10.7. The van der Waals surface area contributed by atoms with E-state index >= 15 is 0 Å². The van der Waals surface area contributed by atoms with Gasteiger partial charge in [-0.15, -0.1) is 6.58 Å². The molecule has 0 aliphatic heterocycles. The first-order chi connectivity index (χ1) is 20.5. The summed E-state index contributed by atoms with van der Waals surface area (Å²) in [7, 11) is 0. The van der Waals surface area contributed by atoms with Gasteiger partial charge in [-0.2, -0.15) is 0 Å². The number of aliphatic imine (C=N–C) groups is 1. The van der Waals surface area contributed by atoms with Gasteiger partial charge < -0.3 is 20.6 Å². The minimum atomic E-state index is 0.113. The molecule has 8 heteroatoms. The summed E-state index contributed by atoms with van der Waals surface area (Å²) >= 11 is 7.01. The Morgan fingerprint density at radius 1 is 1.00 bits per heavy atom. The van der Waals surface area contributed by atoms with Crippen molar-refractivity contribution in [2.24, 2.45) is 4.99 Å². The summed E-state index contributed by atoms with van der Waals surface area (Å²) in [4.78, 5) is 30.2. The number of benzene rings is 4. The fraction of sp³-hybridized carbons (Fsp3) is 0.206. The first kappa shape index (κ1) is 30.3. The normalized spacial score (nSPS) is 11.2. The lowest BCUT2D eigenvalue weighted by molar-refractivity contribution is -0.109. The van der Waals surface area contributed by atoms with E-state index in [2.05, 4.69) is 35.1 Å². The predicted octanol–water partition coefficient (Wildman–Crippen LogP) is 7.09. The fourth-order valence-electron chi connectivity index (χ4n) is 5.01. The van der Waals surface area contributed by atoms with Crippen LogP contribution in [-0.2, 0) is 16.0 Å². The summed E-state index contributed by atoms with van der Waals surface area (Å²) in [6.07, 6.45) is 5.62. The molecule has 2 amide bonds. The lowest BCUT2D eigenvalue weighted by Crippen LogP contribution is -2.38. The Morgan fingerprint density at radius 2 is 1.79 bits per heavy atom. The van der Waals surface area contributed by atoms with Gasteiger partial charge in [-0.1, -0.05) is 73.5 Å². The summed E-state index contributed by atoms with van der Waals surface area (Å²) in [5, 5.41) is 18.3. The molecular formula is C34H35ClN4O3. The zero-order valence-corrected chi connectivity index (χ0v) is 24.4. The number of anilines is 1. The third-order valence-electron chi connectivity index (χ3n) is 6.95. The Labute approximate surface area is 251 Å². The molecule has 0 bridgehead atoms. The lowest BCUT2D eigenvalue weighted by atomic mass is 9.95. The first-order valence-corrected chi connectivity index (χ1v) is 14.3. The van der Waals surface area contributed by atoms with Crippen LogP contribution in [0.4, 0.5) is 11.4 Å². The molecule has 3 N–H and O–H groups in total. The van der Waals surface area contributed by atoms with E-state index in [-0.39, 0.29) is 5.75 Å². The molecule has 0 heterocycles. The van der Waals surface area contributed by atoms with Gasteiger partial charge in [-0.3, -0.25) is 9.59 Å². The van der Waals surface area contributed by atoms with Crippen molar-refractivity contribution in [3.8, 4) is 16.9 Å². The molecule has 0 aliphatic rings. The van der Waals surface area contributed by atoms with Gasteiger partial charge in [-0.25, -0.2) is 4.99 Å². The van der Waals surface area contributed by atoms with Crippen LogP contribution in [0.25, 0.3) is 21.9 Å². The van der Waals surface area contributed by atoms with Crippen LogP contribution in [0.2, 0.25) is 5.02 Å². The van der Waals surface area contributed by atoms with Gasteiger partial charge in [0.25, 0.3) is 0 Å². The van der Waals surface area contributed by atoms with Crippen LogP contribution in [0.3, 0.4) is 0 Å². The van der Waals surface area contributed by atoms with Gasteiger partial charge in [0.05, 0.1) is 11.4 Å². The van der Waals surface area contributed by atoms with Crippen LogP contribution in [0, 0.1) is 0 Å². The molecule has 0 radical (unpaired) electrons. The Bertz CT molecular complexity index is 1600. The van der Waals surface area contributed by atoms with Gasteiger partial charge in [0.15, 0.2) is 0 Å². The minimum Gasteiger partial charge on any atom is -0.508 e. The third kappa shape index (κ3) is 7.17. The van der Waals surface area contributed by atoms with Crippen molar-refractivity contribution in [1.82, 2.24) is 10.2 Å². The number of hydrogen-bond acceptors (Lipinski definition) is 4. The number of hydrogen-bond donors (Lipinski definition) is 3. The number of halogens is 1. The Hall–Kier alpha value is -4.62. The second-order valence-electron chi connectivity index (χ2n) is 9.80. The summed E-state index contributed by atoms with van der Waals surface area (Å²) in [6.45, 7) is 7.45. The maximum absolute atomic E-state index is 11.9. The van der Waals surface area contributed by atoms with E-state index < -0.39 is 0 Å². The zero-order valence-electron chi connectivity index (χ0n) is 23.6. The molecule has 216 valence electrons. The van der Waals surface area contributed by atoms with Gasteiger partial charge in [0, 0.05) is 35.8 Å². The van der Waals surface area contributed by atoms with Crippen molar-refractivity contribution in [2.75, 3.05) is 25.0 Å². The molecule has 0 aliphatic carbocycles. The number of phenolic OH excluding ortho intramolecular Hbond substituents is 1. The number of carbonyl (C=O) groups excluding carboxylic acids is 2. The average Bonchev–Trinajstić information content (AvgIpc) is 2.99. The van der Waals surface area contributed by atoms with E-state index in [9.17, 15) is 14.7 Å². The molecule has 7 nitrogen and oxygen atoms in total. The number of fused-ring (bicyclic) bond motifs is 1. The van der Waals surface area contributed by atoms with Gasteiger partial charge >= 0.3 is 0 Å². The molecule has 0 spiro atoms. The molecule has 42 heavy (non-hydrogen) atoms. The highest BCUT2D eigenvalue weighted by atomic mass is 35.5. The number of carbonyl (C=O) groups is 2. The van der Waals surface area contributed by atoms with Crippen LogP contribution < -0.4 is 10.6 Å². The minimum absolute atomic E-state index is 0.113. The molecule has 0 saturated heterocycles. The monoisotopic (exact) mass is 582 g/mol. The molecule has 0 unspecified atom stereocenters. The van der Waals surface area contributed by atoms with E-state index in [1.165, 1.54) is 0 Å². The van der Waals surface area contributed by atoms with Crippen LogP contribution >= 0.6 is 11.6 Å². The van der Waals surface area contributed by atoms with Crippen molar-refractivity contribution >= 4 is 52.4 Å². The number of amides is 2. The van der Waals surface area contributed by atoms with Gasteiger partial charge in [-0.05, 0) is 65.1 Å². The molecule has 4 aromatic rings. The van der Waals surface area contributed by atoms with Crippen molar-refractivity contribution in [1.29, 1.82) is 0 Å². The van der Waals surface area contributed by atoms with E-state index in [0.717, 1.165) is 40.4 Å². The summed E-state index contributed by atoms with van der Waals surface area (Å²) in [5.41, 5.74) is 4.45. The standard InChI is InChI=1S/C34H35ClN4O3/c1-3-5-16-39(17-15-36-22-40)34(38-32-14-9-7-11-24(32)10-4-2)30-20-31(35)29(21-33(30)37-23-41)28-19-26(42)18-25-12-6-8-13-27(25)28/h3,6-9,11-14,18-23,42H,1,4-5,10,15-17H2,2H3,(H,36,40)(H,37,41). The fourth-order valence-corrected chi connectivity index (χ4v) is 5.28. The molecule has 0 saturated carbocycles. The number of rotatable bonds is 14. The maximum atomic E-state index is 11.9. The molecular weight excluding hydrogens is 548 g/mol. The zero-order chi connectivity index (χ0) is 29.9. The number of nitrogens with one attached hydrogen (secondary N) is 2. The number of phenols is 1. The molecule has 0 aromatic heterocycles. The average molecular weight is 583 g/mol. The van der Waals surface area contributed by atoms with Crippen molar-refractivity contribution in [3.63, 3.8) is 0 Å². The molecule has 4 rings (SSSR count). The lowest BCUT2D eigenvalue weighted by Gasteiger charge is -2.28. The van der Waals surface area contributed by atoms with E-state index in [0.29, 0.717) is 66.5 Å². The van der Waals surface area contributed by atoms with Crippen LogP contribution in [0.15, 0.2) is 90.4 Å². The highest BCUT2D eigenvalue weighted by Crippen LogP contribution is 2.40. The molecule has 4 aromatic carbocycles. The molecule has 0 fully saturated rings. The summed E-state index contributed by atoms with van der Waals surface area (Å²) in [6, 6.07) is 22.7. The Balaban J connectivity index is 1.97. The maximum Gasteiger partial charge on any atom is 0.211 e. The number of para-hydroxylation sites is 1. The molecule has 0 atom stereocenters. The predicted molar refractivity (Wildman–Crippen MR) is 173 cm³/mol. The SMILES string of the molecule is C=CCCN(CCNC=O)C(=Nc1ccccc1CCC)c1cc(Cl)c(-c2cc(O)cc3ccccc23)cc1NC=O. The van der Waals surface area contributed by atoms with Gasteiger partial charge in [0.2, 0.25) is 12.8 Å². The van der Waals surface area contributed by atoms with Crippen LogP contribution in [-0.4, -0.2) is 48.3 Å². The van der Waals surface area contributed by atoms with Crippen molar-refractivity contribution in [3.05, 3.63) is 102 Å². The van der Waals surface area contributed by atoms with Gasteiger partial charge in [0.1, 0.15) is 11.6 Å². The summed E-state index contributed by atoms with van der Waals surface area (Å²) < 4.78 is 0. The Morgan fingerprint density at radius 3 is 2.55 bits per heavy atom. The third-order valence-corrected chi connectivity index (χ3v) is 7.26. The largest absolute Gasteiger partial charge is 0.508 e. The van der Waals surface area contributed by atoms with E-state index in [1.807, 2.05) is 54.6 Å². The number of amidine groups is 1. The smallest absolute Gasteiger partial charge is 0.211 e.